The highest BCUT2D eigenvalue weighted by molar-refractivity contribution is 7.98. The Morgan fingerprint density at radius 3 is 2.61 bits per heavy atom. The van der Waals surface area contributed by atoms with Crippen LogP contribution in [0.1, 0.15) is 21.5 Å². The molecule has 28 heavy (non-hydrogen) atoms. The average Bonchev–Trinajstić information content (AvgIpc) is 3.02. The molecule has 0 radical (unpaired) electrons. The van der Waals surface area contributed by atoms with Crippen molar-refractivity contribution in [2.24, 2.45) is 4.99 Å². The van der Waals surface area contributed by atoms with Gasteiger partial charge in [-0.2, -0.15) is 16.8 Å². The van der Waals surface area contributed by atoms with Crippen LogP contribution in [0.15, 0.2) is 35.3 Å². The Labute approximate surface area is 172 Å². The van der Waals surface area contributed by atoms with Crippen LogP contribution in [0, 0.1) is 13.8 Å². The molecule has 4 rings (SSSR count). The van der Waals surface area contributed by atoms with E-state index in [1.54, 1.807) is 11.8 Å². The molecule has 146 valence electrons. The number of ether oxygens (including phenoxy) is 2. The molecule has 0 saturated heterocycles. The van der Waals surface area contributed by atoms with Crippen molar-refractivity contribution in [1.82, 2.24) is 4.57 Å². The van der Waals surface area contributed by atoms with Gasteiger partial charge in [-0.25, -0.2) is 0 Å². The number of thiazole rings is 1. The molecular weight excluding hydrogens is 392 g/mol. The van der Waals surface area contributed by atoms with Gasteiger partial charge in [-0.15, -0.1) is 0 Å². The van der Waals surface area contributed by atoms with Crippen molar-refractivity contribution < 1.29 is 14.3 Å². The Morgan fingerprint density at radius 2 is 1.89 bits per heavy atom. The van der Waals surface area contributed by atoms with Gasteiger partial charge >= 0.3 is 0 Å². The first-order valence-electron chi connectivity index (χ1n) is 9.15. The van der Waals surface area contributed by atoms with Crippen molar-refractivity contribution in [1.29, 1.82) is 0 Å². The average molecular weight is 415 g/mol. The minimum atomic E-state index is -0.218. The highest BCUT2D eigenvalue weighted by Gasteiger charge is 2.17. The molecule has 1 amide bonds. The van der Waals surface area contributed by atoms with Crippen molar-refractivity contribution >= 4 is 39.2 Å². The van der Waals surface area contributed by atoms with Crippen LogP contribution < -0.4 is 14.3 Å². The van der Waals surface area contributed by atoms with Crippen LogP contribution in [0.3, 0.4) is 0 Å². The normalized spacial score (nSPS) is 13.9. The van der Waals surface area contributed by atoms with E-state index in [-0.39, 0.29) is 5.91 Å². The maximum absolute atomic E-state index is 12.8. The van der Waals surface area contributed by atoms with Gasteiger partial charge in [-0.3, -0.25) is 4.79 Å². The van der Waals surface area contributed by atoms with E-state index < -0.39 is 0 Å². The minimum Gasteiger partial charge on any atom is -0.486 e. The zero-order valence-corrected chi connectivity index (χ0v) is 17.8. The summed E-state index contributed by atoms with van der Waals surface area (Å²) in [5.74, 6) is 2.22. The van der Waals surface area contributed by atoms with Gasteiger partial charge < -0.3 is 14.0 Å². The maximum Gasteiger partial charge on any atom is 0.279 e. The van der Waals surface area contributed by atoms with Gasteiger partial charge in [-0.05, 0) is 43.4 Å². The number of nitrogens with zero attached hydrogens (tertiary/aromatic N) is 2. The van der Waals surface area contributed by atoms with Crippen LogP contribution in [0.2, 0.25) is 0 Å². The molecule has 0 saturated carbocycles. The predicted molar refractivity (Wildman–Crippen MR) is 115 cm³/mol. The Kier molecular flexibility index (Phi) is 5.46. The second-order valence-electron chi connectivity index (χ2n) is 6.71. The van der Waals surface area contributed by atoms with Crippen molar-refractivity contribution in [2.45, 2.75) is 20.4 Å². The van der Waals surface area contributed by atoms with Gasteiger partial charge in [0.1, 0.15) is 13.2 Å². The Hall–Kier alpha value is -2.25. The van der Waals surface area contributed by atoms with Crippen LogP contribution in [0.5, 0.6) is 11.5 Å². The first kappa shape index (κ1) is 19.1. The quantitative estimate of drug-likeness (QED) is 0.642. The molecule has 2 aromatic carbocycles. The second kappa shape index (κ2) is 8.01. The van der Waals surface area contributed by atoms with Gasteiger partial charge in [0.15, 0.2) is 16.3 Å². The van der Waals surface area contributed by atoms with Gasteiger partial charge in [0.25, 0.3) is 5.91 Å². The second-order valence-corrected chi connectivity index (χ2v) is 8.70. The Balaban J connectivity index is 1.83. The van der Waals surface area contributed by atoms with Crippen LogP contribution >= 0.6 is 23.1 Å². The van der Waals surface area contributed by atoms with Crippen LogP contribution in [-0.4, -0.2) is 35.7 Å². The molecule has 0 unspecified atom stereocenters. The zero-order chi connectivity index (χ0) is 19.7. The lowest BCUT2D eigenvalue weighted by molar-refractivity contribution is 0.0998. The maximum atomic E-state index is 12.8. The Morgan fingerprint density at radius 1 is 1.14 bits per heavy atom. The van der Waals surface area contributed by atoms with Crippen LogP contribution in [0.25, 0.3) is 10.2 Å². The number of hydrogen-bond donors (Lipinski definition) is 0. The van der Waals surface area contributed by atoms with Gasteiger partial charge in [0.05, 0.1) is 10.2 Å². The van der Waals surface area contributed by atoms with E-state index in [0.29, 0.717) is 23.6 Å². The molecule has 7 heteroatoms. The summed E-state index contributed by atoms with van der Waals surface area (Å²) in [5, 5.41) is 0. The first-order chi connectivity index (χ1) is 13.6. The lowest BCUT2D eigenvalue weighted by Gasteiger charge is -2.18. The number of aromatic nitrogens is 1. The highest BCUT2D eigenvalue weighted by Crippen LogP contribution is 2.35. The van der Waals surface area contributed by atoms with E-state index in [9.17, 15) is 4.79 Å². The summed E-state index contributed by atoms with van der Waals surface area (Å²) in [4.78, 5) is 18.0. The summed E-state index contributed by atoms with van der Waals surface area (Å²) in [6.07, 6.45) is 2.07. The summed E-state index contributed by atoms with van der Waals surface area (Å²) in [5.41, 5.74) is 3.89. The van der Waals surface area contributed by atoms with Crippen molar-refractivity contribution in [3.63, 3.8) is 0 Å². The largest absolute Gasteiger partial charge is 0.486 e. The fraction of sp³-hybridized carbons (Fsp3) is 0.333. The fourth-order valence-corrected chi connectivity index (χ4v) is 4.55. The van der Waals surface area contributed by atoms with E-state index >= 15 is 0 Å². The standard InChI is InChI=1S/C21H22N2O3S2/c1-13-4-5-15(10-14(13)2)20(24)22-21-23(6-9-27-3)16-11-17-18(12-19(16)28-21)26-8-7-25-17/h4-5,10-12H,6-9H2,1-3H3. The first-order valence-corrected chi connectivity index (χ1v) is 11.4. The molecule has 5 nitrogen and oxygen atoms in total. The number of thioether (sulfide) groups is 1. The molecule has 3 aromatic rings. The number of rotatable bonds is 4. The summed E-state index contributed by atoms with van der Waals surface area (Å²) >= 11 is 3.27. The molecule has 0 aliphatic carbocycles. The third-order valence-corrected chi connectivity index (χ3v) is 6.45. The van der Waals surface area contributed by atoms with Gasteiger partial charge in [0.2, 0.25) is 0 Å². The SMILES string of the molecule is CSCCn1c(=NC(=O)c2ccc(C)c(C)c2)sc2cc3c(cc21)OCCO3. The van der Waals surface area contributed by atoms with Gasteiger partial charge in [-0.1, -0.05) is 17.4 Å². The molecule has 1 aliphatic heterocycles. The van der Waals surface area contributed by atoms with E-state index in [1.165, 1.54) is 16.9 Å². The number of aryl methyl sites for hydroxylation is 3. The molecule has 0 spiro atoms. The molecule has 0 N–H and O–H groups in total. The van der Waals surface area contributed by atoms with Gasteiger partial charge in [0, 0.05) is 30.0 Å². The molecular formula is C21H22N2O3S2. The molecule has 0 fully saturated rings. The number of benzene rings is 2. The third kappa shape index (κ3) is 3.69. The molecule has 0 bridgehead atoms. The molecule has 0 atom stereocenters. The van der Waals surface area contributed by atoms with Crippen molar-refractivity contribution in [2.75, 3.05) is 25.2 Å². The number of carbonyl (C=O) groups excluding carboxylic acids is 1. The lowest BCUT2D eigenvalue weighted by Crippen LogP contribution is -2.19. The summed E-state index contributed by atoms with van der Waals surface area (Å²) in [6, 6.07) is 9.70. The minimum absolute atomic E-state index is 0.218. The van der Waals surface area contributed by atoms with E-state index in [2.05, 4.69) is 15.8 Å². The molecule has 2 heterocycles. The Bertz CT molecular complexity index is 1110. The predicted octanol–water partition coefficient (Wildman–Crippen LogP) is 4.19. The van der Waals surface area contributed by atoms with Crippen LogP contribution in [-0.2, 0) is 6.54 Å². The van der Waals surface area contributed by atoms with Crippen molar-refractivity contribution in [3.05, 3.63) is 51.8 Å². The zero-order valence-electron chi connectivity index (χ0n) is 16.2. The lowest BCUT2D eigenvalue weighted by atomic mass is 10.1. The smallest absolute Gasteiger partial charge is 0.279 e. The summed E-state index contributed by atoms with van der Waals surface area (Å²) < 4.78 is 14.6. The monoisotopic (exact) mass is 414 g/mol. The van der Waals surface area contributed by atoms with E-state index in [0.717, 1.165) is 39.6 Å². The summed E-state index contributed by atoms with van der Waals surface area (Å²) in [6.45, 7) is 5.93. The number of carbonyl (C=O) groups is 1. The van der Waals surface area contributed by atoms with E-state index in [1.807, 2.05) is 44.2 Å². The summed E-state index contributed by atoms with van der Waals surface area (Å²) in [7, 11) is 0. The van der Waals surface area contributed by atoms with Crippen molar-refractivity contribution in [3.8, 4) is 11.5 Å². The van der Waals surface area contributed by atoms with E-state index in [4.69, 9.17) is 9.47 Å². The number of fused-ring (bicyclic) bond motifs is 2. The molecule has 1 aromatic heterocycles. The topological polar surface area (TPSA) is 52.8 Å². The molecule has 1 aliphatic rings. The van der Waals surface area contributed by atoms with Crippen LogP contribution in [0.4, 0.5) is 0 Å². The number of amides is 1. The number of hydrogen-bond acceptors (Lipinski definition) is 5. The highest BCUT2D eigenvalue weighted by atomic mass is 32.2. The fourth-order valence-electron chi connectivity index (χ4n) is 3.12. The third-order valence-electron chi connectivity index (χ3n) is 4.82.